The van der Waals surface area contributed by atoms with Crippen LogP contribution in [0.3, 0.4) is 0 Å². The maximum absolute atomic E-state index is 14.7. The summed E-state index contributed by atoms with van der Waals surface area (Å²) in [5.41, 5.74) is -1.11. The summed E-state index contributed by atoms with van der Waals surface area (Å²) in [7, 11) is 1.23. The van der Waals surface area contributed by atoms with Crippen LogP contribution in [0.4, 0.5) is 14.5 Å². The monoisotopic (exact) mass is 704 g/mol. The molecule has 1 aliphatic heterocycles. The zero-order valence-corrected chi connectivity index (χ0v) is 26.2. The topological polar surface area (TPSA) is 234 Å². The number of nitrogens with zero attached hydrogens (tertiary/aromatic N) is 2. The van der Waals surface area contributed by atoms with E-state index >= 15 is 0 Å². The SMILES string of the molecule is COc1cc(N(CC(=O)O)CC(=O)O)c(OCCOCCN(CC(=O)O)CC(=O)O)cc1-c1c2cc(F)c(=O)cc-2oc2cc(O)c(F)cc12. The van der Waals surface area contributed by atoms with Crippen molar-refractivity contribution in [1.29, 1.82) is 0 Å². The molecule has 2 aliphatic rings. The van der Waals surface area contributed by atoms with E-state index in [0.29, 0.717) is 0 Å². The van der Waals surface area contributed by atoms with Crippen LogP contribution in [0.2, 0.25) is 0 Å². The lowest BCUT2D eigenvalue weighted by Gasteiger charge is -2.26. The highest BCUT2D eigenvalue weighted by molar-refractivity contribution is 6.04. The van der Waals surface area contributed by atoms with Crippen molar-refractivity contribution in [2.24, 2.45) is 0 Å². The van der Waals surface area contributed by atoms with Gasteiger partial charge in [0.05, 0.1) is 39.1 Å². The second-order valence-corrected chi connectivity index (χ2v) is 10.7. The second-order valence-electron chi connectivity index (χ2n) is 10.7. The van der Waals surface area contributed by atoms with Gasteiger partial charge in [0.15, 0.2) is 17.4 Å². The van der Waals surface area contributed by atoms with Crippen LogP contribution in [0.1, 0.15) is 0 Å². The Morgan fingerprint density at radius 3 is 2.00 bits per heavy atom. The Kier molecular flexibility index (Phi) is 11.7. The summed E-state index contributed by atoms with van der Waals surface area (Å²) in [5, 5.41) is 47.1. The van der Waals surface area contributed by atoms with Crippen LogP contribution in [0.15, 0.2) is 45.6 Å². The normalized spacial score (nSPS) is 11.2. The van der Waals surface area contributed by atoms with Gasteiger partial charge in [-0.05, 0) is 18.2 Å². The van der Waals surface area contributed by atoms with Crippen molar-refractivity contribution in [2.45, 2.75) is 0 Å². The number of anilines is 1. The molecule has 2 aromatic carbocycles. The maximum atomic E-state index is 14.7. The van der Waals surface area contributed by atoms with Gasteiger partial charge in [-0.2, -0.15) is 0 Å². The molecule has 0 unspecified atom stereocenters. The summed E-state index contributed by atoms with van der Waals surface area (Å²) in [6, 6.07) is 6.14. The van der Waals surface area contributed by atoms with E-state index in [2.05, 4.69) is 0 Å². The van der Waals surface area contributed by atoms with Crippen molar-refractivity contribution in [2.75, 3.05) is 64.6 Å². The highest BCUT2D eigenvalue weighted by atomic mass is 19.1. The molecule has 0 saturated carbocycles. The summed E-state index contributed by atoms with van der Waals surface area (Å²) in [6.45, 7) is -3.29. The van der Waals surface area contributed by atoms with Crippen LogP contribution in [0.25, 0.3) is 33.4 Å². The van der Waals surface area contributed by atoms with Crippen LogP contribution in [-0.2, 0) is 23.9 Å². The molecule has 0 atom stereocenters. The number of fused-ring (bicyclic) bond motifs is 2. The molecule has 0 spiro atoms. The standard InChI is InChI=1S/C32H30F2N2O14/c1-47-24-9-21(36(14-30(43)44)15-31(45)46)27(49-5-4-48-3-2-35(12-28(39)40)13-29(41)42)8-18(24)32-16-6-19(33)22(37)10-25(16)50-26-11-23(38)20(34)7-17(26)32/h6-11,37H,2-5,12-15H2,1H3,(H,39,40)(H,41,42)(H,43,44)(H,45,46). The van der Waals surface area contributed by atoms with Crippen LogP contribution >= 0.6 is 0 Å². The number of halogens is 2. The number of aromatic hydroxyl groups is 1. The number of phenols is 1. The molecule has 18 heteroatoms. The Morgan fingerprint density at radius 1 is 0.760 bits per heavy atom. The molecule has 16 nitrogen and oxygen atoms in total. The van der Waals surface area contributed by atoms with Gasteiger partial charge in [-0.1, -0.05) is 0 Å². The number of methoxy groups -OCH3 is 1. The summed E-state index contributed by atoms with van der Waals surface area (Å²) in [6.07, 6.45) is 0. The molecule has 0 saturated heterocycles. The van der Waals surface area contributed by atoms with E-state index in [9.17, 15) is 48.1 Å². The molecule has 0 amide bonds. The fraction of sp³-hybridized carbons (Fsp3) is 0.281. The smallest absolute Gasteiger partial charge is 0.323 e. The van der Waals surface area contributed by atoms with E-state index in [-0.39, 0.29) is 77.0 Å². The van der Waals surface area contributed by atoms with Crippen molar-refractivity contribution in [1.82, 2.24) is 4.90 Å². The predicted molar refractivity (Wildman–Crippen MR) is 168 cm³/mol. The van der Waals surface area contributed by atoms with Crippen LogP contribution in [-0.4, -0.2) is 114 Å². The Balaban J connectivity index is 1.81. The molecular formula is C32H30F2N2O14. The molecule has 5 N–H and O–H groups in total. The van der Waals surface area contributed by atoms with E-state index in [1.807, 2.05) is 0 Å². The molecule has 0 fully saturated rings. The van der Waals surface area contributed by atoms with Gasteiger partial charge in [-0.15, -0.1) is 0 Å². The van der Waals surface area contributed by atoms with E-state index < -0.39 is 72.9 Å². The van der Waals surface area contributed by atoms with Gasteiger partial charge in [0.25, 0.3) is 0 Å². The summed E-state index contributed by atoms with van der Waals surface area (Å²) in [5.74, 6) is -8.62. The van der Waals surface area contributed by atoms with Gasteiger partial charge in [-0.25, -0.2) is 8.78 Å². The molecule has 0 radical (unpaired) electrons. The number of benzene rings is 3. The molecule has 266 valence electrons. The van der Waals surface area contributed by atoms with Crippen molar-refractivity contribution in [3.63, 3.8) is 0 Å². The molecular weight excluding hydrogens is 674 g/mol. The molecule has 4 rings (SSSR count). The molecule has 1 aliphatic carbocycles. The second kappa shape index (κ2) is 15.9. The lowest BCUT2D eigenvalue weighted by molar-refractivity contribution is -0.142. The first-order valence-electron chi connectivity index (χ1n) is 14.5. The number of carbonyl (C=O) groups is 4. The maximum Gasteiger partial charge on any atom is 0.323 e. The molecule has 2 aromatic rings. The lowest BCUT2D eigenvalue weighted by Crippen LogP contribution is -2.37. The van der Waals surface area contributed by atoms with Crippen LogP contribution < -0.4 is 19.8 Å². The highest BCUT2D eigenvalue weighted by Crippen LogP contribution is 2.48. The fourth-order valence-electron chi connectivity index (χ4n) is 5.12. The Hall–Kier alpha value is -6.01. The minimum Gasteiger partial charge on any atom is -0.505 e. The van der Waals surface area contributed by atoms with E-state index in [4.69, 9.17) is 28.8 Å². The third-order valence-corrected chi connectivity index (χ3v) is 7.14. The van der Waals surface area contributed by atoms with Crippen molar-refractivity contribution >= 4 is 40.5 Å². The first-order chi connectivity index (χ1) is 23.7. The zero-order chi connectivity index (χ0) is 36.7. The lowest BCUT2D eigenvalue weighted by atomic mass is 9.92. The highest BCUT2D eigenvalue weighted by Gasteiger charge is 2.27. The number of rotatable bonds is 18. The number of carboxylic acids is 4. The first-order valence-corrected chi connectivity index (χ1v) is 14.5. The largest absolute Gasteiger partial charge is 0.505 e. The average Bonchev–Trinajstić information content (AvgIpc) is 3.01. The van der Waals surface area contributed by atoms with Gasteiger partial charge >= 0.3 is 23.9 Å². The van der Waals surface area contributed by atoms with Gasteiger partial charge < -0.3 is 49.1 Å². The van der Waals surface area contributed by atoms with Crippen molar-refractivity contribution in [3.05, 3.63) is 58.3 Å². The number of hydrogen-bond acceptors (Lipinski definition) is 12. The number of aliphatic carboxylic acids is 4. The van der Waals surface area contributed by atoms with Crippen LogP contribution in [0.5, 0.6) is 17.2 Å². The number of phenolic OH excluding ortho intramolecular Hbond substituents is 1. The number of carboxylic acid groups (broad SMARTS) is 4. The fourth-order valence-corrected chi connectivity index (χ4v) is 5.12. The minimum atomic E-state index is -1.39. The molecule has 0 aromatic heterocycles. The third kappa shape index (κ3) is 8.91. The Labute approximate surface area is 280 Å². The predicted octanol–water partition coefficient (Wildman–Crippen LogP) is 2.40. The summed E-state index contributed by atoms with van der Waals surface area (Å²) in [4.78, 5) is 59.8. The molecule has 1 heterocycles. The first kappa shape index (κ1) is 36.8. The Morgan fingerprint density at radius 2 is 1.40 bits per heavy atom. The number of ether oxygens (including phenoxy) is 3. The number of hydrogen-bond donors (Lipinski definition) is 5. The van der Waals surface area contributed by atoms with E-state index in [0.717, 1.165) is 34.1 Å². The van der Waals surface area contributed by atoms with Crippen LogP contribution in [0, 0.1) is 11.6 Å². The molecule has 50 heavy (non-hydrogen) atoms. The van der Waals surface area contributed by atoms with Gasteiger partial charge in [0.1, 0.15) is 42.5 Å². The quantitative estimate of drug-likeness (QED) is 0.0739. The Bertz CT molecular complexity index is 1930. The van der Waals surface area contributed by atoms with E-state index in [1.54, 1.807) is 0 Å². The van der Waals surface area contributed by atoms with Crippen molar-refractivity contribution < 1.29 is 72.1 Å². The third-order valence-electron chi connectivity index (χ3n) is 7.14. The molecule has 0 bridgehead atoms. The summed E-state index contributed by atoms with van der Waals surface area (Å²) >= 11 is 0. The zero-order valence-electron chi connectivity index (χ0n) is 26.2. The van der Waals surface area contributed by atoms with Gasteiger partial charge in [0, 0.05) is 46.8 Å². The van der Waals surface area contributed by atoms with E-state index in [1.165, 1.54) is 19.2 Å². The van der Waals surface area contributed by atoms with Crippen molar-refractivity contribution in [3.8, 4) is 39.7 Å². The van der Waals surface area contributed by atoms with Gasteiger partial charge in [-0.3, -0.25) is 28.9 Å². The van der Waals surface area contributed by atoms with Gasteiger partial charge in [0.2, 0.25) is 5.43 Å². The minimum absolute atomic E-state index is 0.00798. The average molecular weight is 705 g/mol. The summed E-state index contributed by atoms with van der Waals surface area (Å²) < 4.78 is 52.1.